The van der Waals surface area contributed by atoms with Crippen molar-refractivity contribution in [3.63, 3.8) is 0 Å². The fraction of sp³-hybridized carbons (Fsp3) is 0.440. The number of hydrogen-bond acceptors (Lipinski definition) is 6. The zero-order valence-electron chi connectivity index (χ0n) is 22.4. The topological polar surface area (TPSA) is 65.5 Å². The Morgan fingerprint density at radius 3 is 2.60 bits per heavy atom. The number of aromatic nitrogens is 2. The molecule has 1 aliphatic carbocycles. The predicted octanol–water partition coefficient (Wildman–Crippen LogP) is 6.08. The average Bonchev–Trinajstić information content (AvgIpc) is 3.56. The fourth-order valence-electron chi connectivity index (χ4n) is 3.99. The van der Waals surface area contributed by atoms with Crippen molar-refractivity contribution in [2.45, 2.75) is 38.9 Å². The van der Waals surface area contributed by atoms with Crippen LogP contribution < -0.4 is 14.8 Å². The summed E-state index contributed by atoms with van der Waals surface area (Å²) in [5, 5.41) is 3.36. The Bertz CT molecular complexity index is 1330. The SMILES string of the molecule is [2H]C([2H])([2H])Oc1cc2nc(C)nc(N[C@H](C)c3cccc(C(F)(F)F)c3F)c2cc1OCC1(COC)CC1. The molecule has 188 valence electrons. The van der Waals surface area contributed by atoms with Crippen molar-refractivity contribution in [1.29, 1.82) is 0 Å². The van der Waals surface area contributed by atoms with Gasteiger partial charge in [0.25, 0.3) is 0 Å². The highest BCUT2D eigenvalue weighted by Crippen LogP contribution is 2.47. The molecule has 0 unspecified atom stereocenters. The molecule has 10 heteroatoms. The van der Waals surface area contributed by atoms with Gasteiger partial charge in [0.15, 0.2) is 11.5 Å². The van der Waals surface area contributed by atoms with Gasteiger partial charge in [-0.05, 0) is 38.8 Å². The molecule has 1 atom stereocenters. The molecule has 3 aromatic rings. The molecule has 1 aromatic heterocycles. The summed E-state index contributed by atoms with van der Waals surface area (Å²) < 4.78 is 93.5. The molecule has 1 fully saturated rings. The second-order valence-electron chi connectivity index (χ2n) is 8.83. The van der Waals surface area contributed by atoms with Crippen LogP contribution in [0.4, 0.5) is 23.4 Å². The molecule has 0 saturated heterocycles. The molecule has 2 aromatic carbocycles. The number of ether oxygens (including phenoxy) is 3. The second-order valence-corrected chi connectivity index (χ2v) is 8.83. The van der Waals surface area contributed by atoms with Crippen LogP contribution in [0.3, 0.4) is 0 Å². The van der Waals surface area contributed by atoms with E-state index in [1.807, 2.05) is 0 Å². The van der Waals surface area contributed by atoms with Crippen molar-refractivity contribution in [1.82, 2.24) is 9.97 Å². The average molecular weight is 497 g/mol. The first-order valence-corrected chi connectivity index (χ1v) is 11.0. The molecule has 0 amide bonds. The normalized spacial score (nSPS) is 17.3. The quantitative estimate of drug-likeness (QED) is 0.362. The van der Waals surface area contributed by atoms with Crippen LogP contribution in [-0.2, 0) is 10.9 Å². The van der Waals surface area contributed by atoms with Crippen molar-refractivity contribution in [2.75, 3.05) is 32.7 Å². The lowest BCUT2D eigenvalue weighted by Crippen LogP contribution is -2.18. The summed E-state index contributed by atoms with van der Waals surface area (Å²) in [6.45, 7) is 3.83. The number of benzene rings is 2. The summed E-state index contributed by atoms with van der Waals surface area (Å²) in [6, 6.07) is 5.09. The van der Waals surface area contributed by atoms with Gasteiger partial charge in [0.2, 0.25) is 0 Å². The van der Waals surface area contributed by atoms with Gasteiger partial charge in [-0.25, -0.2) is 14.4 Å². The van der Waals surface area contributed by atoms with E-state index in [2.05, 4.69) is 15.3 Å². The highest BCUT2D eigenvalue weighted by molar-refractivity contribution is 5.92. The lowest BCUT2D eigenvalue weighted by molar-refractivity contribution is -0.140. The molecule has 6 nitrogen and oxygen atoms in total. The van der Waals surface area contributed by atoms with Crippen LogP contribution in [0.5, 0.6) is 11.5 Å². The van der Waals surface area contributed by atoms with Crippen LogP contribution in [0.2, 0.25) is 0 Å². The summed E-state index contributed by atoms with van der Waals surface area (Å²) >= 11 is 0. The smallest absolute Gasteiger partial charge is 0.419 e. The van der Waals surface area contributed by atoms with Crippen LogP contribution in [0.15, 0.2) is 30.3 Å². The van der Waals surface area contributed by atoms with Gasteiger partial charge in [-0.3, -0.25) is 0 Å². The van der Waals surface area contributed by atoms with Gasteiger partial charge in [0.1, 0.15) is 17.5 Å². The number of anilines is 1. The number of alkyl halides is 3. The molecule has 4 rings (SSSR count). The van der Waals surface area contributed by atoms with Gasteiger partial charge in [0, 0.05) is 29.5 Å². The molecule has 1 heterocycles. The van der Waals surface area contributed by atoms with E-state index in [0.717, 1.165) is 18.9 Å². The van der Waals surface area contributed by atoms with E-state index in [1.165, 1.54) is 25.1 Å². The maximum Gasteiger partial charge on any atom is 0.419 e. The summed E-state index contributed by atoms with van der Waals surface area (Å²) in [7, 11) is -1.17. The second kappa shape index (κ2) is 9.49. The zero-order chi connectivity index (χ0) is 27.9. The van der Waals surface area contributed by atoms with Crippen LogP contribution >= 0.6 is 0 Å². The summed E-state index contributed by atoms with van der Waals surface area (Å²) in [5.74, 6) is -0.793. The first-order valence-electron chi connectivity index (χ1n) is 12.5. The van der Waals surface area contributed by atoms with E-state index in [9.17, 15) is 17.6 Å². The number of fused-ring (bicyclic) bond motifs is 1. The first-order chi connectivity index (χ1) is 17.7. The van der Waals surface area contributed by atoms with E-state index in [0.29, 0.717) is 29.4 Å². The number of hydrogen-bond donors (Lipinski definition) is 1. The molecule has 1 aliphatic rings. The Hall–Kier alpha value is -3.14. The first kappa shape index (κ1) is 21.2. The Balaban J connectivity index is 1.73. The van der Waals surface area contributed by atoms with E-state index >= 15 is 0 Å². The van der Waals surface area contributed by atoms with E-state index in [-0.39, 0.29) is 34.9 Å². The fourth-order valence-corrected chi connectivity index (χ4v) is 3.99. The maximum atomic E-state index is 14.8. The van der Waals surface area contributed by atoms with Crippen molar-refractivity contribution in [3.05, 3.63) is 53.1 Å². The van der Waals surface area contributed by atoms with Gasteiger partial charge in [0.05, 0.1) is 41.5 Å². The molecule has 0 aliphatic heterocycles. The standard InChI is InChI=1S/C25H27F4N3O3/c1-14(16-6-5-7-18(22(16)26)25(27,28)29)30-23-17-10-21(35-13-24(8-9-24)12-33-3)20(34-4)11-19(17)31-15(2)32-23/h5-7,10-11,14H,8-9,12-13H2,1-4H3,(H,30,31,32)/t14-/m1/s1/i4D3. The van der Waals surface area contributed by atoms with E-state index < -0.39 is 30.6 Å². The van der Waals surface area contributed by atoms with Crippen molar-refractivity contribution in [2.24, 2.45) is 5.41 Å². The predicted molar refractivity (Wildman–Crippen MR) is 123 cm³/mol. The number of halogens is 4. The number of aryl methyl sites for hydroxylation is 1. The number of nitrogens with one attached hydrogen (secondary N) is 1. The lowest BCUT2D eigenvalue weighted by Gasteiger charge is -2.20. The summed E-state index contributed by atoms with van der Waals surface area (Å²) in [6.07, 6.45) is -3.07. The number of methoxy groups -OCH3 is 2. The number of nitrogens with zero attached hydrogens (tertiary/aromatic N) is 2. The Morgan fingerprint density at radius 1 is 1.17 bits per heavy atom. The Morgan fingerprint density at radius 2 is 1.94 bits per heavy atom. The maximum absolute atomic E-state index is 14.8. The van der Waals surface area contributed by atoms with Crippen molar-refractivity contribution in [3.8, 4) is 11.5 Å². The third kappa shape index (κ3) is 5.27. The van der Waals surface area contributed by atoms with Gasteiger partial charge in [-0.15, -0.1) is 0 Å². The summed E-state index contributed by atoms with van der Waals surface area (Å²) in [5.41, 5.74) is -1.43. The molecule has 0 bridgehead atoms. The number of rotatable bonds is 9. The lowest BCUT2D eigenvalue weighted by atomic mass is 10.0. The molecular weight excluding hydrogens is 466 g/mol. The van der Waals surface area contributed by atoms with E-state index in [1.54, 1.807) is 14.0 Å². The Labute approximate surface area is 204 Å². The van der Waals surface area contributed by atoms with Gasteiger partial charge in [-0.2, -0.15) is 13.2 Å². The molecule has 0 spiro atoms. The minimum Gasteiger partial charge on any atom is -0.493 e. The Kier molecular flexibility index (Phi) is 5.74. The monoisotopic (exact) mass is 496 g/mol. The molecule has 1 saturated carbocycles. The summed E-state index contributed by atoms with van der Waals surface area (Å²) in [4.78, 5) is 8.72. The largest absolute Gasteiger partial charge is 0.493 e. The molecule has 0 radical (unpaired) electrons. The highest BCUT2D eigenvalue weighted by atomic mass is 19.4. The van der Waals surface area contributed by atoms with Crippen LogP contribution in [0.1, 0.15) is 46.9 Å². The van der Waals surface area contributed by atoms with Gasteiger partial charge in [-0.1, -0.05) is 12.1 Å². The van der Waals surface area contributed by atoms with Crippen molar-refractivity contribution >= 4 is 16.7 Å². The molecule has 1 N–H and O–H groups in total. The molecule has 35 heavy (non-hydrogen) atoms. The van der Waals surface area contributed by atoms with Crippen LogP contribution in [0.25, 0.3) is 10.9 Å². The minimum absolute atomic E-state index is 0.0493. The van der Waals surface area contributed by atoms with Crippen molar-refractivity contribution < 1.29 is 35.9 Å². The van der Waals surface area contributed by atoms with Gasteiger partial charge < -0.3 is 19.5 Å². The van der Waals surface area contributed by atoms with Gasteiger partial charge >= 0.3 is 6.18 Å². The zero-order valence-corrected chi connectivity index (χ0v) is 19.4. The molecular formula is C25H27F4N3O3. The highest BCUT2D eigenvalue weighted by Gasteiger charge is 2.44. The van der Waals surface area contributed by atoms with E-state index in [4.69, 9.17) is 18.3 Å². The third-order valence-corrected chi connectivity index (χ3v) is 6.08. The van der Waals surface area contributed by atoms with Crippen LogP contribution in [0, 0.1) is 18.2 Å². The third-order valence-electron chi connectivity index (χ3n) is 6.08. The van der Waals surface area contributed by atoms with Crippen LogP contribution in [-0.4, -0.2) is 37.3 Å². The minimum atomic E-state index is -4.84.